The quantitative estimate of drug-likeness (QED) is 0.216. The Kier molecular flexibility index (Phi) is 9.38. The first-order chi connectivity index (χ1) is 22.8. The summed E-state index contributed by atoms with van der Waals surface area (Å²) in [7, 11) is 1.37. The number of aromatic hydroxyl groups is 1. The van der Waals surface area contributed by atoms with Crippen LogP contribution >= 0.6 is 0 Å². The minimum Gasteiger partial charge on any atom is -0.508 e. The van der Waals surface area contributed by atoms with E-state index in [2.05, 4.69) is 20.2 Å². The second-order valence-electron chi connectivity index (χ2n) is 11.8. The van der Waals surface area contributed by atoms with Crippen LogP contribution in [0.1, 0.15) is 45.1 Å². The fraction of sp³-hybridized carbons (Fsp3) is 0.441. The number of hydrogen-bond donors (Lipinski definition) is 2. The van der Waals surface area contributed by atoms with Gasteiger partial charge in [0.1, 0.15) is 40.6 Å². The lowest BCUT2D eigenvalue weighted by Gasteiger charge is -2.32. The van der Waals surface area contributed by atoms with Crippen LogP contribution in [0.4, 0.5) is 23.4 Å². The molecule has 3 aliphatic heterocycles. The van der Waals surface area contributed by atoms with Crippen molar-refractivity contribution < 1.29 is 32.1 Å². The number of aromatic nitrogens is 3. The highest BCUT2D eigenvalue weighted by molar-refractivity contribution is 6.05. The number of methoxy groups -OCH3 is 1. The zero-order chi connectivity index (χ0) is 33.3. The second kappa shape index (κ2) is 13.5. The number of nitrogens with zero attached hydrogens (tertiary/aromatic N) is 5. The lowest BCUT2D eigenvalue weighted by Crippen LogP contribution is -2.44. The maximum absolute atomic E-state index is 16.9. The largest absolute Gasteiger partial charge is 0.508 e. The Balaban J connectivity index is 0.00000190. The van der Waals surface area contributed by atoms with Gasteiger partial charge < -0.3 is 24.8 Å². The Morgan fingerprint density at radius 2 is 1.72 bits per heavy atom. The maximum atomic E-state index is 16.9. The van der Waals surface area contributed by atoms with E-state index in [0.717, 1.165) is 50.9 Å². The number of ether oxygens (including phenoxy) is 2. The van der Waals surface area contributed by atoms with Gasteiger partial charge in [0.05, 0.1) is 12.6 Å². The molecule has 0 atom stereocenters. The zero-order valence-electron chi connectivity index (χ0n) is 26.7. The van der Waals surface area contributed by atoms with Crippen LogP contribution in [0.2, 0.25) is 0 Å². The number of fused-ring (bicyclic) bond motifs is 3. The SMILES string of the molecule is CC.COc1nc(-c2cc(O)cc3ccc(F)c(C=C(F)F)c23)c(F)c2nc(OCC34CCCN3CCC4)nc(N3CCNCC3)c12. The molecule has 0 bridgehead atoms. The van der Waals surface area contributed by atoms with E-state index in [1.807, 2.05) is 18.7 Å². The van der Waals surface area contributed by atoms with E-state index in [1.165, 1.54) is 19.2 Å². The molecule has 3 aliphatic rings. The molecule has 47 heavy (non-hydrogen) atoms. The van der Waals surface area contributed by atoms with Gasteiger partial charge in [-0.05, 0) is 62.4 Å². The van der Waals surface area contributed by atoms with Gasteiger partial charge in [0.2, 0.25) is 5.88 Å². The summed E-state index contributed by atoms with van der Waals surface area (Å²) in [4.78, 5) is 18.2. The van der Waals surface area contributed by atoms with E-state index in [9.17, 15) is 18.3 Å². The molecule has 250 valence electrons. The Labute approximate surface area is 270 Å². The predicted molar refractivity (Wildman–Crippen MR) is 173 cm³/mol. The minimum atomic E-state index is -2.14. The van der Waals surface area contributed by atoms with Crippen LogP contribution in [0.15, 0.2) is 30.3 Å². The fourth-order valence-corrected chi connectivity index (χ4v) is 7.15. The molecule has 2 aromatic carbocycles. The van der Waals surface area contributed by atoms with Gasteiger partial charge in [-0.1, -0.05) is 19.9 Å². The number of halogens is 4. The minimum absolute atomic E-state index is 0.00260. The van der Waals surface area contributed by atoms with Gasteiger partial charge in [-0.2, -0.15) is 18.7 Å². The van der Waals surface area contributed by atoms with Crippen molar-refractivity contribution in [2.24, 2.45) is 0 Å². The summed E-state index contributed by atoms with van der Waals surface area (Å²) in [5.74, 6) is -1.76. The van der Waals surface area contributed by atoms with Crippen molar-refractivity contribution in [3.05, 3.63) is 47.5 Å². The number of anilines is 1. The molecular formula is C34H38F4N6O3. The molecule has 3 fully saturated rings. The molecule has 0 unspecified atom stereocenters. The molecule has 2 aromatic heterocycles. The molecule has 3 saturated heterocycles. The topological polar surface area (TPSA) is 95.9 Å². The summed E-state index contributed by atoms with van der Waals surface area (Å²) in [6.07, 6.45) is 2.40. The van der Waals surface area contributed by atoms with E-state index in [1.54, 1.807) is 0 Å². The highest BCUT2D eigenvalue weighted by atomic mass is 19.3. The summed E-state index contributed by atoms with van der Waals surface area (Å²) >= 11 is 0. The maximum Gasteiger partial charge on any atom is 0.319 e. The number of phenolic OH excluding ortho intramolecular Hbond substituents is 1. The highest BCUT2D eigenvalue weighted by Gasteiger charge is 2.45. The monoisotopic (exact) mass is 654 g/mol. The molecule has 7 rings (SSSR count). The summed E-state index contributed by atoms with van der Waals surface area (Å²) in [6, 6.07) is 4.78. The number of piperazine rings is 1. The molecule has 0 saturated carbocycles. The predicted octanol–water partition coefficient (Wildman–Crippen LogP) is 6.52. The number of rotatable bonds is 7. The van der Waals surface area contributed by atoms with Crippen LogP contribution in [0.25, 0.3) is 39.0 Å². The van der Waals surface area contributed by atoms with E-state index in [4.69, 9.17) is 14.5 Å². The van der Waals surface area contributed by atoms with Crippen LogP contribution in [-0.4, -0.2) is 83.5 Å². The smallest absolute Gasteiger partial charge is 0.319 e. The van der Waals surface area contributed by atoms with Crippen LogP contribution in [0.3, 0.4) is 0 Å². The van der Waals surface area contributed by atoms with E-state index < -0.39 is 23.3 Å². The summed E-state index contributed by atoms with van der Waals surface area (Å²) < 4.78 is 70.7. The number of pyridine rings is 1. The third-order valence-electron chi connectivity index (χ3n) is 9.20. The molecule has 2 N–H and O–H groups in total. The lowest BCUT2D eigenvalue weighted by molar-refractivity contribution is 0.108. The Morgan fingerprint density at radius 3 is 2.40 bits per heavy atom. The molecule has 0 radical (unpaired) electrons. The summed E-state index contributed by atoms with van der Waals surface area (Å²) in [5.41, 5.74) is -1.18. The van der Waals surface area contributed by atoms with E-state index in [0.29, 0.717) is 44.7 Å². The Hall–Kier alpha value is -4.23. The number of hydrogen-bond acceptors (Lipinski definition) is 9. The van der Waals surface area contributed by atoms with Crippen molar-refractivity contribution in [1.29, 1.82) is 0 Å². The Bertz CT molecular complexity index is 1820. The molecule has 5 heterocycles. The first-order valence-electron chi connectivity index (χ1n) is 16.0. The van der Waals surface area contributed by atoms with Crippen LogP contribution < -0.4 is 19.7 Å². The molecule has 0 amide bonds. The second-order valence-corrected chi connectivity index (χ2v) is 11.8. The summed E-state index contributed by atoms with van der Waals surface area (Å²) in [6.45, 7) is 8.90. The van der Waals surface area contributed by atoms with Gasteiger partial charge in [0.25, 0.3) is 6.08 Å². The van der Waals surface area contributed by atoms with Crippen molar-refractivity contribution >= 4 is 33.6 Å². The van der Waals surface area contributed by atoms with Gasteiger partial charge in [-0.15, -0.1) is 0 Å². The number of phenols is 1. The van der Waals surface area contributed by atoms with E-state index >= 15 is 4.39 Å². The molecule has 4 aromatic rings. The molecule has 9 nitrogen and oxygen atoms in total. The van der Waals surface area contributed by atoms with Crippen LogP contribution in [0.5, 0.6) is 17.6 Å². The summed E-state index contributed by atoms with van der Waals surface area (Å²) in [5, 5.41) is 14.2. The number of benzene rings is 2. The third kappa shape index (κ3) is 6.02. The van der Waals surface area contributed by atoms with Crippen LogP contribution in [-0.2, 0) is 0 Å². The first kappa shape index (κ1) is 32.7. The average molecular weight is 655 g/mol. The van der Waals surface area contributed by atoms with E-state index in [-0.39, 0.29) is 56.1 Å². The van der Waals surface area contributed by atoms with Gasteiger partial charge >= 0.3 is 6.01 Å². The number of nitrogens with one attached hydrogen (secondary N) is 1. The first-order valence-corrected chi connectivity index (χ1v) is 16.0. The lowest BCUT2D eigenvalue weighted by atomic mass is 9.95. The van der Waals surface area contributed by atoms with Crippen LogP contribution in [0, 0.1) is 11.6 Å². The van der Waals surface area contributed by atoms with Crippen molar-refractivity contribution in [2.75, 3.05) is 57.9 Å². The van der Waals surface area contributed by atoms with Gasteiger partial charge in [-0.3, -0.25) is 4.90 Å². The molecular weight excluding hydrogens is 616 g/mol. The normalized spacial score (nSPS) is 17.4. The standard InChI is InChI=1S/C32H32F4N6O3.C2H6/c1-44-30-25-28(26(36)27(38-30)21-15-19(43)14-18-4-5-22(33)20(24(18)21)16-23(34)35)39-31(40-29(25)41-12-8-37-9-13-41)45-17-32-6-2-10-42(32)11-3-7-32;1-2/h4-5,14-16,37,43H,2-3,6-13,17H2,1H3;1-2H3. The Morgan fingerprint density at radius 1 is 1.00 bits per heavy atom. The van der Waals surface area contributed by atoms with Crippen molar-refractivity contribution in [3.8, 4) is 28.9 Å². The highest BCUT2D eigenvalue weighted by Crippen LogP contribution is 2.43. The van der Waals surface area contributed by atoms with Gasteiger partial charge in [0, 0.05) is 48.8 Å². The van der Waals surface area contributed by atoms with Gasteiger partial charge in [-0.25, -0.2) is 13.8 Å². The zero-order valence-corrected chi connectivity index (χ0v) is 26.7. The van der Waals surface area contributed by atoms with Crippen molar-refractivity contribution in [1.82, 2.24) is 25.2 Å². The molecule has 0 aliphatic carbocycles. The molecule has 0 spiro atoms. The third-order valence-corrected chi connectivity index (χ3v) is 9.20. The van der Waals surface area contributed by atoms with Crippen molar-refractivity contribution in [3.63, 3.8) is 0 Å². The van der Waals surface area contributed by atoms with Gasteiger partial charge in [0.15, 0.2) is 5.82 Å². The average Bonchev–Trinajstić information content (AvgIpc) is 3.67. The fourth-order valence-electron chi connectivity index (χ4n) is 7.15. The molecule has 13 heteroatoms. The van der Waals surface area contributed by atoms with Crippen molar-refractivity contribution in [2.45, 2.75) is 45.1 Å².